The molecule has 0 saturated carbocycles. The van der Waals surface area contributed by atoms with Crippen molar-refractivity contribution >= 4 is 22.8 Å². The van der Waals surface area contributed by atoms with Gasteiger partial charge < -0.3 is 19.2 Å². The highest BCUT2D eigenvalue weighted by atomic mass is 16.7. The van der Waals surface area contributed by atoms with Crippen molar-refractivity contribution in [1.82, 2.24) is 4.98 Å². The van der Waals surface area contributed by atoms with Crippen molar-refractivity contribution in [2.24, 2.45) is 0 Å². The molecule has 0 saturated heterocycles. The van der Waals surface area contributed by atoms with E-state index in [0.717, 1.165) is 39.4 Å². The molecule has 1 N–H and O–H groups in total. The van der Waals surface area contributed by atoms with E-state index in [4.69, 9.17) is 13.9 Å². The maximum absolute atomic E-state index is 5.77. The zero-order valence-electron chi connectivity index (χ0n) is 13.2. The maximum atomic E-state index is 5.77. The molecule has 25 heavy (non-hydrogen) atoms. The number of anilines is 2. The minimum Gasteiger partial charge on any atom is -0.454 e. The van der Waals surface area contributed by atoms with Crippen LogP contribution in [0.15, 0.2) is 71.1 Å². The molecule has 0 unspecified atom stereocenters. The lowest BCUT2D eigenvalue weighted by atomic mass is 10.0. The van der Waals surface area contributed by atoms with E-state index in [0.29, 0.717) is 6.01 Å². The largest absolute Gasteiger partial charge is 0.454 e. The molecule has 1 aliphatic heterocycles. The molecule has 0 atom stereocenters. The number of ether oxygens (including phenoxy) is 2. The molecule has 5 heteroatoms. The quantitative estimate of drug-likeness (QED) is 0.575. The number of nitrogens with zero attached hydrogens (tertiary/aromatic N) is 1. The van der Waals surface area contributed by atoms with Gasteiger partial charge in [0.1, 0.15) is 5.52 Å². The van der Waals surface area contributed by atoms with Crippen LogP contribution >= 0.6 is 0 Å². The standard InChI is InChI=1S/C20H14N2O3/c1-2-4-15(5-3-1)21-20-22-16-10-13(6-8-17(16)25-20)14-7-9-18-19(11-14)24-12-23-18/h1-11H,12H2,(H,21,22). The molecule has 0 fully saturated rings. The topological polar surface area (TPSA) is 56.5 Å². The Morgan fingerprint density at radius 3 is 2.52 bits per heavy atom. The fourth-order valence-corrected chi connectivity index (χ4v) is 2.88. The van der Waals surface area contributed by atoms with Crippen LogP contribution in [-0.4, -0.2) is 11.8 Å². The number of oxazole rings is 1. The number of hydrogen-bond donors (Lipinski definition) is 1. The maximum Gasteiger partial charge on any atom is 0.300 e. The minimum absolute atomic E-state index is 0.273. The van der Waals surface area contributed by atoms with Crippen LogP contribution in [0, 0.1) is 0 Å². The third-order valence-corrected chi connectivity index (χ3v) is 4.12. The number of para-hydroxylation sites is 1. The van der Waals surface area contributed by atoms with Crippen LogP contribution in [0.25, 0.3) is 22.2 Å². The van der Waals surface area contributed by atoms with Crippen LogP contribution < -0.4 is 14.8 Å². The fourth-order valence-electron chi connectivity index (χ4n) is 2.88. The Balaban J connectivity index is 1.49. The second-order valence-corrected chi connectivity index (χ2v) is 5.76. The van der Waals surface area contributed by atoms with E-state index >= 15 is 0 Å². The van der Waals surface area contributed by atoms with Gasteiger partial charge in [0, 0.05) is 5.69 Å². The van der Waals surface area contributed by atoms with Crippen molar-refractivity contribution < 1.29 is 13.9 Å². The molecule has 0 radical (unpaired) electrons. The number of fused-ring (bicyclic) bond motifs is 2. The molecule has 0 aliphatic carbocycles. The van der Waals surface area contributed by atoms with Gasteiger partial charge in [-0.25, -0.2) is 0 Å². The van der Waals surface area contributed by atoms with Crippen LogP contribution in [0.1, 0.15) is 0 Å². The van der Waals surface area contributed by atoms with Gasteiger partial charge in [0.2, 0.25) is 6.79 Å². The van der Waals surface area contributed by atoms with Crippen molar-refractivity contribution in [2.75, 3.05) is 12.1 Å². The van der Waals surface area contributed by atoms with Crippen molar-refractivity contribution in [1.29, 1.82) is 0 Å². The summed E-state index contributed by atoms with van der Waals surface area (Å²) in [5, 5.41) is 3.17. The average Bonchev–Trinajstić information content (AvgIpc) is 3.27. The molecular formula is C20H14N2O3. The third kappa shape index (κ3) is 2.55. The Bertz CT molecular complexity index is 1060. The number of hydrogen-bond acceptors (Lipinski definition) is 5. The lowest BCUT2D eigenvalue weighted by Crippen LogP contribution is -1.92. The number of benzene rings is 3. The number of rotatable bonds is 3. The van der Waals surface area contributed by atoms with Crippen molar-refractivity contribution in [3.63, 3.8) is 0 Å². The van der Waals surface area contributed by atoms with Crippen LogP contribution in [0.3, 0.4) is 0 Å². The summed E-state index contributed by atoms with van der Waals surface area (Å²) in [5.41, 5.74) is 4.57. The summed E-state index contributed by atoms with van der Waals surface area (Å²) in [5.74, 6) is 1.55. The molecule has 0 bridgehead atoms. The van der Waals surface area contributed by atoms with Gasteiger partial charge in [-0.1, -0.05) is 30.3 Å². The highest BCUT2D eigenvalue weighted by Gasteiger charge is 2.14. The highest BCUT2D eigenvalue weighted by Crippen LogP contribution is 2.36. The molecule has 122 valence electrons. The summed E-state index contributed by atoms with van der Waals surface area (Å²) in [6.07, 6.45) is 0. The second kappa shape index (κ2) is 5.56. The molecule has 1 aliphatic rings. The van der Waals surface area contributed by atoms with Gasteiger partial charge in [0.15, 0.2) is 17.1 Å². The average molecular weight is 330 g/mol. The molecule has 3 aromatic carbocycles. The minimum atomic E-state index is 0.273. The summed E-state index contributed by atoms with van der Waals surface area (Å²) >= 11 is 0. The second-order valence-electron chi connectivity index (χ2n) is 5.76. The number of aromatic nitrogens is 1. The lowest BCUT2D eigenvalue weighted by molar-refractivity contribution is 0.174. The van der Waals surface area contributed by atoms with Crippen LogP contribution in [-0.2, 0) is 0 Å². The van der Waals surface area contributed by atoms with Gasteiger partial charge in [-0.3, -0.25) is 0 Å². The van der Waals surface area contributed by atoms with Gasteiger partial charge in [0.25, 0.3) is 6.01 Å². The molecule has 1 aromatic heterocycles. The molecule has 0 spiro atoms. The van der Waals surface area contributed by atoms with E-state index < -0.39 is 0 Å². The first-order valence-corrected chi connectivity index (χ1v) is 7.98. The Hall–Kier alpha value is -3.47. The molecule has 2 heterocycles. The summed E-state index contributed by atoms with van der Waals surface area (Å²) in [6, 6.07) is 22.2. The molecular weight excluding hydrogens is 316 g/mol. The predicted molar refractivity (Wildman–Crippen MR) is 95.3 cm³/mol. The van der Waals surface area contributed by atoms with E-state index in [2.05, 4.69) is 10.3 Å². The van der Waals surface area contributed by atoms with E-state index in [-0.39, 0.29) is 6.79 Å². The third-order valence-electron chi connectivity index (χ3n) is 4.12. The Morgan fingerprint density at radius 1 is 0.800 bits per heavy atom. The molecule has 5 rings (SSSR count). The Kier molecular flexibility index (Phi) is 3.10. The molecule has 5 nitrogen and oxygen atoms in total. The van der Waals surface area contributed by atoms with Crippen LogP contribution in [0.4, 0.5) is 11.7 Å². The van der Waals surface area contributed by atoms with E-state index in [9.17, 15) is 0 Å². The van der Waals surface area contributed by atoms with Gasteiger partial charge in [-0.15, -0.1) is 0 Å². The van der Waals surface area contributed by atoms with E-state index in [1.54, 1.807) is 0 Å². The van der Waals surface area contributed by atoms with Gasteiger partial charge in [0.05, 0.1) is 0 Å². The first-order valence-electron chi connectivity index (χ1n) is 7.98. The Morgan fingerprint density at radius 2 is 1.60 bits per heavy atom. The van der Waals surface area contributed by atoms with Crippen molar-refractivity contribution in [2.45, 2.75) is 0 Å². The van der Waals surface area contributed by atoms with Crippen LogP contribution in [0.2, 0.25) is 0 Å². The van der Waals surface area contributed by atoms with Gasteiger partial charge in [-0.05, 0) is 47.5 Å². The zero-order chi connectivity index (χ0) is 16.6. The highest BCUT2D eigenvalue weighted by molar-refractivity contribution is 5.82. The van der Waals surface area contributed by atoms with Gasteiger partial charge in [-0.2, -0.15) is 4.98 Å². The summed E-state index contributed by atoms with van der Waals surface area (Å²) < 4.78 is 16.6. The first-order chi connectivity index (χ1) is 12.3. The smallest absolute Gasteiger partial charge is 0.300 e. The summed E-state index contributed by atoms with van der Waals surface area (Å²) in [6.45, 7) is 0.273. The van der Waals surface area contributed by atoms with E-state index in [1.807, 2.05) is 66.7 Å². The van der Waals surface area contributed by atoms with Crippen molar-refractivity contribution in [3.05, 3.63) is 66.7 Å². The normalized spacial score (nSPS) is 12.5. The van der Waals surface area contributed by atoms with E-state index in [1.165, 1.54) is 0 Å². The monoisotopic (exact) mass is 330 g/mol. The number of nitrogens with one attached hydrogen (secondary N) is 1. The Labute approximate surface area is 143 Å². The van der Waals surface area contributed by atoms with Crippen molar-refractivity contribution in [3.8, 4) is 22.6 Å². The fraction of sp³-hybridized carbons (Fsp3) is 0.0500. The van der Waals surface area contributed by atoms with Gasteiger partial charge >= 0.3 is 0 Å². The summed E-state index contributed by atoms with van der Waals surface area (Å²) in [4.78, 5) is 4.53. The zero-order valence-corrected chi connectivity index (χ0v) is 13.2. The predicted octanol–water partition coefficient (Wildman–Crippen LogP) is 4.97. The molecule has 0 amide bonds. The molecule has 4 aromatic rings. The first kappa shape index (κ1) is 13.9. The van der Waals surface area contributed by atoms with Crippen LogP contribution in [0.5, 0.6) is 11.5 Å². The SMILES string of the molecule is c1ccc(Nc2nc3cc(-c4ccc5c(c4)OCO5)ccc3o2)cc1. The summed E-state index contributed by atoms with van der Waals surface area (Å²) in [7, 11) is 0. The lowest BCUT2D eigenvalue weighted by Gasteiger charge is -2.03.